The molecule has 0 aliphatic rings. The van der Waals surface area contributed by atoms with Gasteiger partial charge < -0.3 is 5.32 Å². The van der Waals surface area contributed by atoms with E-state index >= 15 is 0 Å². The minimum Gasteiger partial charge on any atom is -0.379 e. The van der Waals surface area contributed by atoms with Gasteiger partial charge in [-0.05, 0) is 42.5 Å². The average Bonchev–Trinajstić information content (AvgIpc) is 2.97. The largest absolute Gasteiger partial charge is 0.379 e. The van der Waals surface area contributed by atoms with Crippen LogP contribution >= 0.6 is 15.9 Å². The van der Waals surface area contributed by atoms with Gasteiger partial charge in [-0.3, -0.25) is 0 Å². The van der Waals surface area contributed by atoms with Crippen LogP contribution in [-0.4, -0.2) is 9.78 Å². The van der Waals surface area contributed by atoms with Gasteiger partial charge in [0.05, 0.1) is 17.9 Å². The zero-order chi connectivity index (χ0) is 13.8. The Labute approximate surface area is 126 Å². The zero-order valence-corrected chi connectivity index (χ0v) is 12.4. The van der Waals surface area contributed by atoms with Crippen LogP contribution in [0.5, 0.6) is 0 Å². The number of hydrogen-bond donors (Lipinski definition) is 1. The fourth-order valence-electron chi connectivity index (χ4n) is 1.94. The van der Waals surface area contributed by atoms with E-state index in [0.717, 1.165) is 21.5 Å². The monoisotopic (exact) mass is 327 g/mol. The highest BCUT2D eigenvalue weighted by atomic mass is 79.9. The van der Waals surface area contributed by atoms with Crippen LogP contribution in [0.25, 0.3) is 5.69 Å². The summed E-state index contributed by atoms with van der Waals surface area (Å²) in [7, 11) is 0. The summed E-state index contributed by atoms with van der Waals surface area (Å²) in [6.07, 6.45) is 1.98. The number of halogens is 1. The maximum Gasteiger partial charge on any atom is 0.0819 e. The number of anilines is 1. The van der Waals surface area contributed by atoms with Crippen LogP contribution in [-0.2, 0) is 6.54 Å². The molecule has 3 rings (SSSR count). The highest BCUT2D eigenvalue weighted by Crippen LogP contribution is 2.15. The summed E-state index contributed by atoms with van der Waals surface area (Å²) in [5.74, 6) is 0. The number of hydrogen-bond acceptors (Lipinski definition) is 2. The van der Waals surface area contributed by atoms with Crippen molar-refractivity contribution >= 4 is 21.6 Å². The molecule has 0 saturated heterocycles. The van der Waals surface area contributed by atoms with E-state index < -0.39 is 0 Å². The zero-order valence-electron chi connectivity index (χ0n) is 10.8. The molecule has 0 amide bonds. The van der Waals surface area contributed by atoms with E-state index in [9.17, 15) is 0 Å². The van der Waals surface area contributed by atoms with Crippen LogP contribution in [0.3, 0.4) is 0 Å². The molecule has 0 aliphatic carbocycles. The van der Waals surface area contributed by atoms with Crippen molar-refractivity contribution in [1.29, 1.82) is 0 Å². The summed E-state index contributed by atoms with van der Waals surface area (Å²) < 4.78 is 2.97. The number of aromatic nitrogens is 2. The summed E-state index contributed by atoms with van der Waals surface area (Å²) in [6, 6.07) is 20.2. The van der Waals surface area contributed by atoms with Gasteiger partial charge in [-0.15, -0.1) is 0 Å². The van der Waals surface area contributed by atoms with E-state index in [0.29, 0.717) is 6.54 Å². The highest BCUT2D eigenvalue weighted by Gasteiger charge is 2.01. The molecule has 3 nitrogen and oxygen atoms in total. The van der Waals surface area contributed by atoms with Crippen LogP contribution in [0.2, 0.25) is 0 Å². The Bertz CT molecular complexity index is 674. The maximum atomic E-state index is 4.56. The van der Waals surface area contributed by atoms with Crippen molar-refractivity contribution < 1.29 is 0 Å². The normalized spacial score (nSPS) is 10.4. The Kier molecular flexibility index (Phi) is 3.83. The molecular weight excluding hydrogens is 314 g/mol. The third-order valence-corrected chi connectivity index (χ3v) is 3.51. The van der Waals surface area contributed by atoms with Crippen LogP contribution in [0.15, 0.2) is 71.3 Å². The summed E-state index contributed by atoms with van der Waals surface area (Å²) in [5.41, 5.74) is 3.17. The minimum atomic E-state index is 0.710. The molecule has 0 bridgehead atoms. The van der Waals surface area contributed by atoms with Gasteiger partial charge >= 0.3 is 0 Å². The van der Waals surface area contributed by atoms with E-state index in [2.05, 4.69) is 26.3 Å². The fraction of sp³-hybridized carbons (Fsp3) is 0.0625. The molecule has 0 atom stereocenters. The number of rotatable bonds is 4. The van der Waals surface area contributed by atoms with Crippen molar-refractivity contribution in [2.45, 2.75) is 6.54 Å². The Morgan fingerprint density at radius 1 is 0.950 bits per heavy atom. The summed E-state index contributed by atoms with van der Waals surface area (Å²) >= 11 is 3.43. The SMILES string of the molecule is Brc1ccc(NCc2ccn(-c3ccccc3)n2)cc1. The first-order valence-electron chi connectivity index (χ1n) is 6.41. The van der Waals surface area contributed by atoms with Crippen LogP contribution in [0, 0.1) is 0 Å². The smallest absolute Gasteiger partial charge is 0.0819 e. The number of benzene rings is 2. The molecule has 1 N–H and O–H groups in total. The molecule has 3 aromatic rings. The Morgan fingerprint density at radius 3 is 2.45 bits per heavy atom. The molecule has 0 saturated carbocycles. The van der Waals surface area contributed by atoms with Crippen molar-refractivity contribution in [3.63, 3.8) is 0 Å². The van der Waals surface area contributed by atoms with E-state index in [-0.39, 0.29) is 0 Å². The molecule has 0 aliphatic heterocycles. The molecular formula is C16H14BrN3. The van der Waals surface area contributed by atoms with Gasteiger partial charge in [-0.2, -0.15) is 5.10 Å². The molecule has 0 spiro atoms. The van der Waals surface area contributed by atoms with Crippen LogP contribution < -0.4 is 5.32 Å². The lowest BCUT2D eigenvalue weighted by atomic mass is 10.3. The summed E-state index contributed by atoms with van der Waals surface area (Å²) in [6.45, 7) is 0.710. The third-order valence-electron chi connectivity index (χ3n) is 2.98. The molecule has 0 fully saturated rings. The van der Waals surface area contributed by atoms with E-state index in [1.165, 1.54) is 0 Å². The summed E-state index contributed by atoms with van der Waals surface area (Å²) in [5, 5.41) is 7.91. The topological polar surface area (TPSA) is 29.9 Å². The maximum absolute atomic E-state index is 4.56. The second-order valence-electron chi connectivity index (χ2n) is 4.45. The molecule has 1 aromatic heterocycles. The number of para-hydroxylation sites is 1. The van der Waals surface area contributed by atoms with Gasteiger partial charge in [0.25, 0.3) is 0 Å². The lowest BCUT2D eigenvalue weighted by molar-refractivity contribution is 0.844. The number of nitrogens with zero attached hydrogens (tertiary/aromatic N) is 2. The van der Waals surface area contributed by atoms with Gasteiger partial charge in [0.2, 0.25) is 0 Å². The molecule has 1 heterocycles. The predicted molar refractivity (Wildman–Crippen MR) is 85.0 cm³/mol. The highest BCUT2D eigenvalue weighted by molar-refractivity contribution is 9.10. The van der Waals surface area contributed by atoms with Crippen LogP contribution in [0.4, 0.5) is 5.69 Å². The van der Waals surface area contributed by atoms with Crippen molar-refractivity contribution in [1.82, 2.24) is 9.78 Å². The number of nitrogens with one attached hydrogen (secondary N) is 1. The Morgan fingerprint density at radius 2 is 1.70 bits per heavy atom. The van der Waals surface area contributed by atoms with Gasteiger partial charge in [-0.1, -0.05) is 34.1 Å². The van der Waals surface area contributed by atoms with E-state index in [1.54, 1.807) is 0 Å². The average molecular weight is 328 g/mol. The van der Waals surface area contributed by atoms with Crippen molar-refractivity contribution in [3.8, 4) is 5.69 Å². The molecule has 0 unspecified atom stereocenters. The van der Waals surface area contributed by atoms with Crippen LogP contribution in [0.1, 0.15) is 5.69 Å². The minimum absolute atomic E-state index is 0.710. The second-order valence-corrected chi connectivity index (χ2v) is 5.36. The second kappa shape index (κ2) is 5.92. The van der Waals surface area contributed by atoms with Gasteiger partial charge in [-0.25, -0.2) is 4.68 Å². The Hall–Kier alpha value is -2.07. The first kappa shape index (κ1) is 12.9. The molecule has 20 heavy (non-hydrogen) atoms. The first-order chi connectivity index (χ1) is 9.81. The Balaban J connectivity index is 1.67. The van der Waals surface area contributed by atoms with E-state index in [4.69, 9.17) is 0 Å². The molecule has 2 aromatic carbocycles. The van der Waals surface area contributed by atoms with Crippen molar-refractivity contribution in [2.24, 2.45) is 0 Å². The fourth-order valence-corrected chi connectivity index (χ4v) is 2.21. The lowest BCUT2D eigenvalue weighted by Gasteiger charge is -2.04. The van der Waals surface area contributed by atoms with Gasteiger partial charge in [0.1, 0.15) is 0 Å². The summed E-state index contributed by atoms with van der Waals surface area (Å²) in [4.78, 5) is 0. The predicted octanol–water partition coefficient (Wildman–Crippen LogP) is 4.25. The van der Waals surface area contributed by atoms with Gasteiger partial charge in [0, 0.05) is 16.4 Å². The van der Waals surface area contributed by atoms with Gasteiger partial charge in [0.15, 0.2) is 0 Å². The lowest BCUT2D eigenvalue weighted by Crippen LogP contribution is -2.01. The quantitative estimate of drug-likeness (QED) is 0.776. The third kappa shape index (κ3) is 3.08. The van der Waals surface area contributed by atoms with E-state index in [1.807, 2.05) is 71.5 Å². The molecule has 4 heteroatoms. The molecule has 100 valence electrons. The van der Waals surface area contributed by atoms with Crippen molar-refractivity contribution in [3.05, 3.63) is 77.0 Å². The first-order valence-corrected chi connectivity index (χ1v) is 7.20. The standard InChI is InChI=1S/C16H14BrN3/c17-13-6-8-14(9-7-13)18-12-15-10-11-20(19-15)16-4-2-1-3-5-16/h1-11,18H,12H2. The molecule has 0 radical (unpaired) electrons. The van der Waals surface area contributed by atoms with Crippen molar-refractivity contribution in [2.75, 3.05) is 5.32 Å².